The van der Waals surface area contributed by atoms with Crippen LogP contribution in [0.5, 0.6) is 0 Å². The Bertz CT molecular complexity index is 877. The predicted octanol–water partition coefficient (Wildman–Crippen LogP) is 1.72. The van der Waals surface area contributed by atoms with Crippen molar-refractivity contribution in [3.63, 3.8) is 0 Å². The number of rotatable bonds is 3. The van der Waals surface area contributed by atoms with Crippen LogP contribution in [0.2, 0.25) is 0 Å². The van der Waals surface area contributed by atoms with E-state index < -0.39 is 5.60 Å². The third kappa shape index (κ3) is 2.94. The third-order valence-electron chi connectivity index (χ3n) is 4.79. The molecular weight excluding hydrogens is 334 g/mol. The van der Waals surface area contributed by atoms with E-state index in [-0.39, 0.29) is 11.8 Å². The number of hydrogen-bond donors (Lipinski definition) is 2. The van der Waals surface area contributed by atoms with Gasteiger partial charge in [-0.25, -0.2) is 0 Å². The maximum Gasteiger partial charge on any atom is 0.273 e. The van der Waals surface area contributed by atoms with Gasteiger partial charge < -0.3 is 20.0 Å². The van der Waals surface area contributed by atoms with Crippen molar-refractivity contribution in [3.8, 4) is 0 Å². The summed E-state index contributed by atoms with van der Waals surface area (Å²) < 4.78 is 0. The summed E-state index contributed by atoms with van der Waals surface area (Å²) in [5.74, 6) is -0.369. The molecule has 0 bridgehead atoms. The molecule has 26 heavy (non-hydrogen) atoms. The van der Waals surface area contributed by atoms with E-state index in [9.17, 15) is 9.59 Å². The molecular formula is C18H19N5O3. The zero-order chi connectivity index (χ0) is 18.1. The summed E-state index contributed by atoms with van der Waals surface area (Å²) in [6, 6.07) is 7.09. The molecule has 2 aliphatic heterocycles. The van der Waals surface area contributed by atoms with Gasteiger partial charge in [0.2, 0.25) is 0 Å². The number of likely N-dealkylation sites (tertiary alicyclic amines) is 1. The lowest BCUT2D eigenvalue weighted by Gasteiger charge is -2.21. The molecule has 1 spiro atoms. The minimum atomic E-state index is -0.612. The number of anilines is 1. The topological polar surface area (TPSA) is 99.7 Å². The van der Waals surface area contributed by atoms with Crippen LogP contribution in [-0.2, 0) is 9.63 Å². The first kappa shape index (κ1) is 16.3. The molecule has 1 fully saturated rings. The molecule has 2 aromatic heterocycles. The molecule has 8 heteroatoms. The standard InChI is InChI=1S/C18H19N5O3/c1-12-13(4-2-7-19-12)21-16(24)15-10-18(26-22-15)6-9-23(11-18)17(25)14-5-3-8-20-14/h2-5,7-8,20H,6,9-11H2,1H3,(H,21,24). The lowest BCUT2D eigenvalue weighted by Crippen LogP contribution is -2.37. The van der Waals surface area contributed by atoms with Gasteiger partial charge in [-0.1, -0.05) is 5.16 Å². The molecule has 1 unspecified atom stereocenters. The van der Waals surface area contributed by atoms with Crippen molar-refractivity contribution in [2.24, 2.45) is 5.16 Å². The van der Waals surface area contributed by atoms with Crippen molar-refractivity contribution < 1.29 is 14.4 Å². The van der Waals surface area contributed by atoms with Crippen LogP contribution in [0.4, 0.5) is 5.69 Å². The molecule has 2 aromatic rings. The lowest BCUT2D eigenvalue weighted by molar-refractivity contribution is -0.110. The highest BCUT2D eigenvalue weighted by atomic mass is 16.7. The Balaban J connectivity index is 1.39. The first-order chi connectivity index (χ1) is 12.6. The summed E-state index contributed by atoms with van der Waals surface area (Å²) in [6.45, 7) is 2.81. The molecule has 2 amide bonds. The number of nitrogens with one attached hydrogen (secondary N) is 2. The normalized spacial score (nSPS) is 21.6. The Morgan fingerprint density at radius 3 is 3.00 bits per heavy atom. The minimum Gasteiger partial charge on any atom is -0.386 e. The number of aromatic amines is 1. The quantitative estimate of drug-likeness (QED) is 0.877. The average molecular weight is 353 g/mol. The van der Waals surface area contributed by atoms with Gasteiger partial charge in [-0.05, 0) is 31.2 Å². The second-order valence-corrected chi connectivity index (χ2v) is 6.64. The van der Waals surface area contributed by atoms with E-state index in [1.165, 1.54) is 0 Å². The predicted molar refractivity (Wildman–Crippen MR) is 94.8 cm³/mol. The second-order valence-electron chi connectivity index (χ2n) is 6.64. The zero-order valence-electron chi connectivity index (χ0n) is 14.4. The van der Waals surface area contributed by atoms with Crippen molar-refractivity contribution in [2.75, 3.05) is 18.4 Å². The smallest absolute Gasteiger partial charge is 0.273 e. The van der Waals surface area contributed by atoms with Gasteiger partial charge in [0.15, 0.2) is 5.60 Å². The van der Waals surface area contributed by atoms with E-state index in [4.69, 9.17) is 4.84 Å². The Labute approximate surface area is 150 Å². The van der Waals surface area contributed by atoms with E-state index in [1.807, 2.05) is 6.92 Å². The van der Waals surface area contributed by atoms with Crippen molar-refractivity contribution in [1.82, 2.24) is 14.9 Å². The van der Waals surface area contributed by atoms with Gasteiger partial charge in [0, 0.05) is 31.8 Å². The van der Waals surface area contributed by atoms with Crippen LogP contribution in [0.25, 0.3) is 0 Å². The first-order valence-corrected chi connectivity index (χ1v) is 8.47. The van der Waals surface area contributed by atoms with Crippen molar-refractivity contribution in [1.29, 1.82) is 0 Å². The Hall–Kier alpha value is -3.16. The van der Waals surface area contributed by atoms with Crippen molar-refractivity contribution >= 4 is 23.2 Å². The summed E-state index contributed by atoms with van der Waals surface area (Å²) in [5, 5.41) is 6.81. The minimum absolute atomic E-state index is 0.0700. The first-order valence-electron chi connectivity index (χ1n) is 8.47. The third-order valence-corrected chi connectivity index (χ3v) is 4.79. The number of amides is 2. The van der Waals surface area contributed by atoms with Gasteiger partial charge in [0.05, 0.1) is 17.9 Å². The molecule has 134 valence electrons. The van der Waals surface area contributed by atoms with Gasteiger partial charge in [-0.15, -0.1) is 0 Å². The zero-order valence-corrected chi connectivity index (χ0v) is 14.4. The fraction of sp³-hybridized carbons (Fsp3) is 0.333. The summed E-state index contributed by atoms with van der Waals surface area (Å²) in [4.78, 5) is 39.3. The van der Waals surface area contributed by atoms with Crippen molar-refractivity contribution in [2.45, 2.75) is 25.4 Å². The molecule has 0 aliphatic carbocycles. The Kier molecular flexibility index (Phi) is 3.95. The maximum absolute atomic E-state index is 12.5. The number of carbonyl (C=O) groups is 2. The number of hydrogen-bond acceptors (Lipinski definition) is 5. The van der Waals surface area contributed by atoms with Crippen LogP contribution in [0, 0.1) is 6.92 Å². The Morgan fingerprint density at radius 1 is 1.35 bits per heavy atom. The van der Waals surface area contributed by atoms with Gasteiger partial charge in [-0.2, -0.15) is 0 Å². The highest BCUT2D eigenvalue weighted by Crippen LogP contribution is 2.34. The molecule has 0 saturated carbocycles. The van der Waals surface area contributed by atoms with E-state index in [2.05, 4.69) is 20.4 Å². The monoisotopic (exact) mass is 353 g/mol. The molecule has 2 aliphatic rings. The van der Waals surface area contributed by atoms with Gasteiger partial charge in [0.1, 0.15) is 11.4 Å². The molecule has 1 saturated heterocycles. The van der Waals surface area contributed by atoms with Crippen LogP contribution in [-0.4, -0.2) is 51.1 Å². The van der Waals surface area contributed by atoms with Crippen LogP contribution < -0.4 is 5.32 Å². The molecule has 1 atom stereocenters. The SMILES string of the molecule is Cc1ncccc1NC(=O)C1=NOC2(CCN(C(=O)c3ccc[nH]3)C2)C1. The number of H-pyrrole nitrogens is 1. The number of oxime groups is 1. The van der Waals surface area contributed by atoms with Crippen LogP contribution >= 0.6 is 0 Å². The molecule has 2 N–H and O–H groups in total. The fourth-order valence-corrected chi connectivity index (χ4v) is 3.32. The van der Waals surface area contributed by atoms with Gasteiger partial charge >= 0.3 is 0 Å². The number of pyridine rings is 1. The molecule has 4 rings (SSSR count). The fourth-order valence-electron chi connectivity index (χ4n) is 3.32. The second kappa shape index (κ2) is 6.29. The molecule has 0 radical (unpaired) electrons. The molecule has 4 heterocycles. The number of aromatic nitrogens is 2. The molecule has 8 nitrogen and oxygen atoms in total. The largest absolute Gasteiger partial charge is 0.386 e. The number of nitrogens with zero attached hydrogens (tertiary/aromatic N) is 3. The number of aryl methyl sites for hydroxylation is 1. The van der Waals surface area contributed by atoms with E-state index in [0.717, 1.165) is 5.69 Å². The van der Waals surface area contributed by atoms with E-state index in [1.54, 1.807) is 41.6 Å². The van der Waals surface area contributed by atoms with Crippen LogP contribution in [0.3, 0.4) is 0 Å². The van der Waals surface area contributed by atoms with Gasteiger partial charge in [-0.3, -0.25) is 14.6 Å². The Morgan fingerprint density at radius 2 is 2.23 bits per heavy atom. The molecule has 0 aromatic carbocycles. The summed E-state index contributed by atoms with van der Waals surface area (Å²) in [6.07, 6.45) is 4.42. The van der Waals surface area contributed by atoms with Gasteiger partial charge in [0.25, 0.3) is 11.8 Å². The van der Waals surface area contributed by atoms with Crippen LogP contribution in [0.15, 0.2) is 41.8 Å². The maximum atomic E-state index is 12.5. The highest BCUT2D eigenvalue weighted by molar-refractivity contribution is 6.43. The summed E-state index contributed by atoms with van der Waals surface area (Å²) in [7, 11) is 0. The summed E-state index contributed by atoms with van der Waals surface area (Å²) >= 11 is 0. The number of carbonyl (C=O) groups excluding carboxylic acids is 2. The highest BCUT2D eigenvalue weighted by Gasteiger charge is 2.48. The van der Waals surface area contributed by atoms with Crippen LogP contribution in [0.1, 0.15) is 29.0 Å². The van der Waals surface area contributed by atoms with Crippen molar-refractivity contribution in [3.05, 3.63) is 48.0 Å². The summed E-state index contributed by atoms with van der Waals surface area (Å²) in [5.41, 5.74) is 1.65. The lowest BCUT2D eigenvalue weighted by atomic mass is 9.96. The van der Waals surface area contributed by atoms with E-state index >= 15 is 0 Å². The average Bonchev–Trinajstić information content (AvgIpc) is 3.38. The van der Waals surface area contributed by atoms with E-state index in [0.29, 0.717) is 43.0 Å².